The Morgan fingerprint density at radius 3 is 1.12 bits per heavy atom. The topological polar surface area (TPSA) is 247 Å². The van der Waals surface area contributed by atoms with Crippen LogP contribution >= 0.6 is 0 Å². The summed E-state index contributed by atoms with van der Waals surface area (Å²) in [4.78, 5) is 29.2. The second kappa shape index (κ2) is 25.0. The molecule has 0 aliphatic carbocycles. The van der Waals surface area contributed by atoms with Crippen molar-refractivity contribution in [3.8, 4) is 0 Å². The molecule has 2 heterocycles. The van der Waals surface area contributed by atoms with Crippen LogP contribution in [0.3, 0.4) is 0 Å². The van der Waals surface area contributed by atoms with Crippen molar-refractivity contribution >= 4 is 74.6 Å². The molecule has 0 spiro atoms. The highest BCUT2D eigenvalue weighted by Gasteiger charge is 2.19. The zero-order valence-electron chi connectivity index (χ0n) is 33.8. The second-order valence-electron chi connectivity index (χ2n) is 10.5. The van der Waals surface area contributed by atoms with Crippen molar-refractivity contribution in [3.63, 3.8) is 0 Å². The van der Waals surface area contributed by atoms with Crippen molar-refractivity contribution in [3.05, 3.63) is 133 Å². The number of ketones is 1. The summed E-state index contributed by atoms with van der Waals surface area (Å²) in [6, 6.07) is 28.7. The van der Waals surface area contributed by atoms with Crippen molar-refractivity contribution in [2.45, 2.75) is 55.4 Å². The van der Waals surface area contributed by atoms with Crippen LogP contribution in [-0.2, 0) is 4.79 Å². The van der Waals surface area contributed by atoms with Crippen molar-refractivity contribution in [1.29, 1.82) is 0 Å². The number of nitrogens with two attached hydrogens (primary N) is 6. The summed E-state index contributed by atoms with van der Waals surface area (Å²) < 4.78 is 0. The number of nitrogen functional groups attached to an aromatic ring is 4. The van der Waals surface area contributed by atoms with Gasteiger partial charge >= 0.3 is 0 Å². The molecule has 2 aliphatic rings. The van der Waals surface area contributed by atoms with E-state index in [4.69, 9.17) is 34.4 Å². The molecule has 14 N–H and O–H groups in total. The van der Waals surface area contributed by atoms with Gasteiger partial charge in [-0.2, -0.15) is 0 Å². The van der Waals surface area contributed by atoms with E-state index in [-0.39, 0.29) is 11.6 Å². The molecule has 4 aromatic rings. The summed E-state index contributed by atoms with van der Waals surface area (Å²) >= 11 is 0. The van der Waals surface area contributed by atoms with Crippen LogP contribution < -0.4 is 45.0 Å². The number of carbonyl (C=O) groups is 1. The van der Waals surface area contributed by atoms with Crippen molar-refractivity contribution in [1.82, 2.24) is 0 Å². The predicted octanol–water partition coefficient (Wildman–Crippen LogP) is 8.73. The van der Waals surface area contributed by atoms with Gasteiger partial charge in [-0.1, -0.05) is 62.0 Å². The Hall–Kier alpha value is -7.15. The lowest BCUT2D eigenvalue weighted by atomic mass is 10.1. The highest BCUT2D eigenvalue weighted by Crippen LogP contribution is 2.23. The van der Waals surface area contributed by atoms with Crippen LogP contribution in [-0.4, -0.2) is 29.1 Å². The Balaban J connectivity index is 0.000000476. The third-order valence-corrected chi connectivity index (χ3v) is 6.75. The predicted molar refractivity (Wildman–Crippen MR) is 244 cm³/mol. The number of anilines is 6. The van der Waals surface area contributed by atoms with E-state index < -0.39 is 0 Å². The fourth-order valence-corrected chi connectivity index (χ4v) is 4.20. The normalized spacial score (nSPS) is 14.0. The van der Waals surface area contributed by atoms with Crippen LogP contribution in [0.4, 0.5) is 45.5 Å². The van der Waals surface area contributed by atoms with Crippen molar-refractivity contribution in [2.75, 3.05) is 33.6 Å². The quantitative estimate of drug-likeness (QED) is 0.0875. The molecule has 2 aliphatic heterocycles. The maximum absolute atomic E-state index is 11.8. The first-order valence-electron chi connectivity index (χ1n) is 18.5. The van der Waals surface area contributed by atoms with Crippen LogP contribution in [0, 0.1) is 0 Å². The molecule has 4 aromatic carbocycles. The molecule has 13 nitrogen and oxygen atoms in total. The van der Waals surface area contributed by atoms with E-state index in [0.29, 0.717) is 62.9 Å². The number of hydrogen-bond donors (Lipinski definition) is 8. The minimum absolute atomic E-state index is 0.105. The Bertz CT molecular complexity index is 1870. The molecule has 0 amide bonds. The van der Waals surface area contributed by atoms with E-state index in [1.54, 1.807) is 60.7 Å². The third kappa shape index (κ3) is 15.1. The van der Waals surface area contributed by atoms with Crippen molar-refractivity contribution in [2.24, 2.45) is 31.4 Å². The minimum Gasteiger partial charge on any atom is -0.399 e. The number of amidine groups is 4. The number of dihydropyridines is 2. The van der Waals surface area contributed by atoms with Crippen LogP contribution in [0.1, 0.15) is 55.4 Å². The monoisotopic (exact) mass is 758 g/mol. The molecule has 0 radical (unpaired) electrons. The van der Waals surface area contributed by atoms with Crippen LogP contribution in [0.15, 0.2) is 153 Å². The maximum Gasteiger partial charge on any atom is 0.222 e. The zero-order chi connectivity index (χ0) is 42.2. The smallest absolute Gasteiger partial charge is 0.222 e. The summed E-state index contributed by atoms with van der Waals surface area (Å²) in [7, 11) is 0. The Morgan fingerprint density at radius 2 is 0.768 bits per heavy atom. The van der Waals surface area contributed by atoms with E-state index in [1.165, 1.54) is 6.08 Å². The summed E-state index contributed by atoms with van der Waals surface area (Å²) in [5.74, 6) is 0.651. The van der Waals surface area contributed by atoms with Gasteiger partial charge in [-0.15, -0.1) is 0 Å². The van der Waals surface area contributed by atoms with E-state index in [0.717, 1.165) is 17.1 Å². The molecule has 6 rings (SSSR count). The van der Waals surface area contributed by atoms with Gasteiger partial charge in [0, 0.05) is 45.8 Å². The van der Waals surface area contributed by atoms with E-state index in [2.05, 4.69) is 37.2 Å². The second-order valence-corrected chi connectivity index (χ2v) is 10.5. The van der Waals surface area contributed by atoms with Crippen LogP contribution in [0.5, 0.6) is 0 Å². The van der Waals surface area contributed by atoms with E-state index >= 15 is 0 Å². The van der Waals surface area contributed by atoms with Crippen molar-refractivity contribution < 1.29 is 4.79 Å². The molecule has 0 unspecified atom stereocenters. The number of aliphatic imine (C=N–C) groups is 4. The molecule has 0 saturated heterocycles. The minimum atomic E-state index is -0.371. The first-order valence-corrected chi connectivity index (χ1v) is 18.5. The molecule has 0 fully saturated rings. The molecule has 0 saturated carbocycles. The lowest BCUT2D eigenvalue weighted by Crippen LogP contribution is -2.30. The summed E-state index contributed by atoms with van der Waals surface area (Å²) in [5.41, 5.74) is 41.7. The first-order chi connectivity index (χ1) is 27.0. The number of carbonyl (C=O) groups excluding carboxylic acids is 1. The SMILES string of the molecule is C=C1C=C(Nc2ccc(N)cc2)C(=Nc2ccc(N)cc2)N=C1N.CC.CC.CC.CC.NC1=NC(=Nc2ccc(N)cc2)C(Nc2ccc(N)cc2)=CC1=O. The molecule has 0 bridgehead atoms. The third-order valence-electron chi connectivity index (χ3n) is 6.75. The van der Waals surface area contributed by atoms with Gasteiger partial charge in [-0.05, 0) is 103 Å². The Kier molecular flexibility index (Phi) is 20.9. The number of rotatable bonds is 6. The summed E-state index contributed by atoms with van der Waals surface area (Å²) in [6.07, 6.45) is 3.18. The zero-order valence-corrected chi connectivity index (χ0v) is 33.8. The lowest BCUT2D eigenvalue weighted by Gasteiger charge is -2.16. The van der Waals surface area contributed by atoms with E-state index in [9.17, 15) is 4.79 Å². The standard InChI is InChI=1S/C18H18N6.C17H16N6O.4C2H6/c1-11-10-16(22-14-6-2-12(19)3-7-14)18(24-17(11)21)23-15-8-4-13(20)5-9-15;18-10-1-5-12(6-2-10)21-14-9-15(24)16(20)23-17(14)22-13-7-3-11(19)4-8-13;4*1-2/h2-10,22H,1,19-20H2,(H2,21,23,24);1-9,21H,18-19H2,(H2,20,22,23);4*1-2H3. The largest absolute Gasteiger partial charge is 0.399 e. The molecule has 56 heavy (non-hydrogen) atoms. The van der Waals surface area contributed by atoms with Gasteiger partial charge in [0.2, 0.25) is 5.78 Å². The maximum atomic E-state index is 11.8. The van der Waals surface area contributed by atoms with Gasteiger partial charge in [0.25, 0.3) is 0 Å². The van der Waals surface area contributed by atoms with Gasteiger partial charge in [0.05, 0.1) is 22.8 Å². The number of nitrogens with zero attached hydrogens (tertiary/aromatic N) is 4. The molecule has 0 atom stereocenters. The molecule has 0 aromatic heterocycles. The van der Waals surface area contributed by atoms with Gasteiger partial charge in [-0.3, -0.25) is 4.79 Å². The first kappa shape index (κ1) is 46.9. The molecular weight excluding hydrogens is 701 g/mol. The Labute approximate surface area is 331 Å². The Morgan fingerprint density at radius 1 is 0.464 bits per heavy atom. The lowest BCUT2D eigenvalue weighted by molar-refractivity contribution is -0.109. The molecule has 13 heteroatoms. The number of hydrogen-bond acceptors (Lipinski definition) is 11. The molecular formula is C43H58N12O. The average molecular weight is 759 g/mol. The van der Waals surface area contributed by atoms with Crippen LogP contribution in [0.2, 0.25) is 0 Å². The van der Waals surface area contributed by atoms with Gasteiger partial charge in [0.1, 0.15) is 5.84 Å². The highest BCUT2D eigenvalue weighted by atomic mass is 16.1. The highest BCUT2D eigenvalue weighted by molar-refractivity contribution is 6.47. The fourth-order valence-electron chi connectivity index (χ4n) is 4.20. The number of benzene rings is 4. The van der Waals surface area contributed by atoms with Gasteiger partial charge in [0.15, 0.2) is 17.5 Å². The molecule has 296 valence electrons. The fraction of sp³-hybridized carbons (Fsp3) is 0.186. The van der Waals surface area contributed by atoms with Gasteiger partial charge in [-0.25, -0.2) is 20.0 Å². The van der Waals surface area contributed by atoms with Crippen LogP contribution in [0.25, 0.3) is 0 Å². The summed E-state index contributed by atoms with van der Waals surface area (Å²) in [6.45, 7) is 19.9. The summed E-state index contributed by atoms with van der Waals surface area (Å²) in [5, 5.41) is 6.37. The van der Waals surface area contributed by atoms with Gasteiger partial charge < -0.3 is 45.0 Å². The number of nitrogens with one attached hydrogen (secondary N) is 2. The van der Waals surface area contributed by atoms with E-state index in [1.807, 2.05) is 97.9 Å². The average Bonchev–Trinajstić information content (AvgIpc) is 3.22.